The topological polar surface area (TPSA) is 38.2 Å². The summed E-state index contributed by atoms with van der Waals surface area (Å²) in [5, 5.41) is 0. The molecule has 1 aromatic heterocycles. The molecule has 0 bridgehead atoms. The molecule has 0 radical (unpaired) electrons. The van der Waals surface area contributed by atoms with Crippen LogP contribution < -0.4 is 9.64 Å². The third-order valence-corrected chi connectivity index (χ3v) is 2.87. The summed E-state index contributed by atoms with van der Waals surface area (Å²) >= 11 is 0. The summed E-state index contributed by atoms with van der Waals surface area (Å²) in [6, 6.07) is 10.2. The van der Waals surface area contributed by atoms with Gasteiger partial charge in [-0.3, -0.25) is 0 Å². The fourth-order valence-corrected chi connectivity index (χ4v) is 1.99. The standard InChI is InChI=1S/C16H21N3O/c1-12(2)20-15-7-5-6-14(9-15)10-19(4)16-8-13(3)17-11-18-16/h5-9,11-12H,10H2,1-4H3. The van der Waals surface area contributed by atoms with Gasteiger partial charge in [0, 0.05) is 25.4 Å². The van der Waals surface area contributed by atoms with Crippen molar-refractivity contribution in [3.8, 4) is 5.75 Å². The zero-order valence-electron chi connectivity index (χ0n) is 12.5. The number of aromatic nitrogens is 2. The van der Waals surface area contributed by atoms with Crippen LogP contribution in [0.1, 0.15) is 25.1 Å². The van der Waals surface area contributed by atoms with Gasteiger partial charge in [0.15, 0.2) is 0 Å². The summed E-state index contributed by atoms with van der Waals surface area (Å²) in [6.45, 7) is 6.81. The zero-order chi connectivity index (χ0) is 14.5. The van der Waals surface area contributed by atoms with Gasteiger partial charge >= 0.3 is 0 Å². The van der Waals surface area contributed by atoms with Crippen LogP contribution in [0.25, 0.3) is 0 Å². The van der Waals surface area contributed by atoms with Crippen molar-refractivity contribution in [2.45, 2.75) is 33.4 Å². The van der Waals surface area contributed by atoms with E-state index < -0.39 is 0 Å². The number of hydrogen-bond donors (Lipinski definition) is 0. The van der Waals surface area contributed by atoms with E-state index >= 15 is 0 Å². The van der Waals surface area contributed by atoms with Crippen LogP contribution in [0.5, 0.6) is 5.75 Å². The molecule has 4 nitrogen and oxygen atoms in total. The molecule has 2 aromatic rings. The molecule has 0 aliphatic heterocycles. The Morgan fingerprint density at radius 1 is 1.20 bits per heavy atom. The molecule has 0 fully saturated rings. The van der Waals surface area contributed by atoms with Crippen molar-refractivity contribution in [3.05, 3.63) is 47.9 Å². The molecular weight excluding hydrogens is 250 g/mol. The highest BCUT2D eigenvalue weighted by Gasteiger charge is 2.05. The van der Waals surface area contributed by atoms with Gasteiger partial charge in [0.2, 0.25) is 0 Å². The van der Waals surface area contributed by atoms with Crippen LogP contribution in [-0.4, -0.2) is 23.1 Å². The first-order chi connectivity index (χ1) is 9.54. The maximum Gasteiger partial charge on any atom is 0.132 e. The van der Waals surface area contributed by atoms with Gasteiger partial charge in [-0.25, -0.2) is 9.97 Å². The van der Waals surface area contributed by atoms with E-state index in [1.165, 1.54) is 5.56 Å². The van der Waals surface area contributed by atoms with Crippen LogP contribution in [0.2, 0.25) is 0 Å². The maximum atomic E-state index is 5.72. The van der Waals surface area contributed by atoms with Crippen LogP contribution in [0.15, 0.2) is 36.7 Å². The van der Waals surface area contributed by atoms with Crippen molar-refractivity contribution in [2.24, 2.45) is 0 Å². The van der Waals surface area contributed by atoms with E-state index in [0.717, 1.165) is 23.8 Å². The highest BCUT2D eigenvalue weighted by molar-refractivity contribution is 5.40. The van der Waals surface area contributed by atoms with Gasteiger partial charge in [-0.05, 0) is 38.5 Å². The molecule has 1 heterocycles. The number of ether oxygens (including phenoxy) is 1. The minimum Gasteiger partial charge on any atom is -0.491 e. The normalized spacial score (nSPS) is 10.7. The van der Waals surface area contributed by atoms with Gasteiger partial charge in [-0.15, -0.1) is 0 Å². The predicted molar refractivity (Wildman–Crippen MR) is 81.1 cm³/mol. The van der Waals surface area contributed by atoms with Crippen molar-refractivity contribution in [2.75, 3.05) is 11.9 Å². The van der Waals surface area contributed by atoms with Gasteiger partial charge < -0.3 is 9.64 Å². The first kappa shape index (κ1) is 14.3. The zero-order valence-corrected chi connectivity index (χ0v) is 12.5. The molecule has 0 saturated heterocycles. The molecule has 106 valence electrons. The SMILES string of the molecule is Cc1cc(N(C)Cc2cccc(OC(C)C)c2)ncn1. The average Bonchev–Trinajstić information content (AvgIpc) is 2.38. The Bertz CT molecular complexity index is 569. The molecule has 0 unspecified atom stereocenters. The molecule has 0 atom stereocenters. The van der Waals surface area contributed by atoms with E-state index in [-0.39, 0.29) is 6.10 Å². The number of nitrogens with zero attached hydrogens (tertiary/aromatic N) is 3. The summed E-state index contributed by atoms with van der Waals surface area (Å²) < 4.78 is 5.72. The van der Waals surface area contributed by atoms with Gasteiger partial charge in [0.25, 0.3) is 0 Å². The second-order valence-corrected chi connectivity index (χ2v) is 5.19. The molecular formula is C16H21N3O. The minimum absolute atomic E-state index is 0.187. The lowest BCUT2D eigenvalue weighted by molar-refractivity contribution is 0.242. The van der Waals surface area contributed by atoms with E-state index in [4.69, 9.17) is 4.74 Å². The Labute approximate surface area is 120 Å². The fraction of sp³-hybridized carbons (Fsp3) is 0.375. The molecule has 0 amide bonds. The van der Waals surface area contributed by atoms with Crippen molar-refractivity contribution in [3.63, 3.8) is 0 Å². The number of aryl methyl sites for hydroxylation is 1. The van der Waals surface area contributed by atoms with Crippen LogP contribution in [0, 0.1) is 6.92 Å². The number of rotatable bonds is 5. The number of hydrogen-bond acceptors (Lipinski definition) is 4. The molecule has 4 heteroatoms. The Balaban J connectivity index is 2.09. The van der Waals surface area contributed by atoms with E-state index in [9.17, 15) is 0 Å². The van der Waals surface area contributed by atoms with E-state index in [2.05, 4.69) is 27.0 Å². The summed E-state index contributed by atoms with van der Waals surface area (Å²) in [7, 11) is 2.03. The minimum atomic E-state index is 0.187. The Morgan fingerprint density at radius 3 is 2.70 bits per heavy atom. The third kappa shape index (κ3) is 3.95. The van der Waals surface area contributed by atoms with Gasteiger partial charge in [-0.2, -0.15) is 0 Å². The molecule has 0 aliphatic carbocycles. The second-order valence-electron chi connectivity index (χ2n) is 5.19. The average molecular weight is 271 g/mol. The summed E-state index contributed by atoms with van der Waals surface area (Å²) in [4.78, 5) is 10.5. The second kappa shape index (κ2) is 6.37. The number of anilines is 1. The molecule has 2 rings (SSSR count). The highest BCUT2D eigenvalue weighted by Crippen LogP contribution is 2.18. The molecule has 0 aliphatic rings. The Kier molecular flexibility index (Phi) is 4.56. The maximum absolute atomic E-state index is 5.72. The molecule has 1 aromatic carbocycles. The lowest BCUT2D eigenvalue weighted by atomic mass is 10.2. The number of benzene rings is 1. The molecule has 20 heavy (non-hydrogen) atoms. The molecule has 0 saturated carbocycles. The van der Waals surface area contributed by atoms with Crippen LogP contribution in [0.4, 0.5) is 5.82 Å². The van der Waals surface area contributed by atoms with Crippen molar-refractivity contribution in [1.29, 1.82) is 0 Å². The smallest absolute Gasteiger partial charge is 0.132 e. The van der Waals surface area contributed by atoms with E-state index in [1.807, 2.05) is 46.0 Å². The highest BCUT2D eigenvalue weighted by atomic mass is 16.5. The van der Waals surface area contributed by atoms with Gasteiger partial charge in [-0.1, -0.05) is 12.1 Å². The monoisotopic (exact) mass is 271 g/mol. The Morgan fingerprint density at radius 2 is 2.00 bits per heavy atom. The van der Waals surface area contributed by atoms with Crippen molar-refractivity contribution < 1.29 is 4.74 Å². The summed E-state index contributed by atoms with van der Waals surface area (Å²) in [5.74, 6) is 1.83. The quantitative estimate of drug-likeness (QED) is 0.837. The molecule has 0 spiro atoms. The van der Waals surface area contributed by atoms with E-state index in [0.29, 0.717) is 0 Å². The van der Waals surface area contributed by atoms with Crippen LogP contribution in [-0.2, 0) is 6.54 Å². The summed E-state index contributed by atoms with van der Waals surface area (Å²) in [6.07, 6.45) is 1.78. The first-order valence-electron chi connectivity index (χ1n) is 6.80. The van der Waals surface area contributed by atoms with E-state index in [1.54, 1.807) is 6.33 Å². The largest absolute Gasteiger partial charge is 0.491 e. The van der Waals surface area contributed by atoms with Gasteiger partial charge in [0.05, 0.1) is 6.10 Å². The third-order valence-electron chi connectivity index (χ3n) is 2.87. The fourth-order valence-electron chi connectivity index (χ4n) is 1.99. The van der Waals surface area contributed by atoms with Crippen molar-refractivity contribution >= 4 is 5.82 Å². The Hall–Kier alpha value is -2.10. The lowest BCUT2D eigenvalue weighted by Gasteiger charge is -2.19. The first-order valence-corrected chi connectivity index (χ1v) is 6.80. The van der Waals surface area contributed by atoms with Crippen LogP contribution >= 0.6 is 0 Å². The summed E-state index contributed by atoms with van der Waals surface area (Å²) in [5.41, 5.74) is 2.17. The van der Waals surface area contributed by atoms with Crippen molar-refractivity contribution in [1.82, 2.24) is 9.97 Å². The lowest BCUT2D eigenvalue weighted by Crippen LogP contribution is -2.18. The van der Waals surface area contributed by atoms with Gasteiger partial charge in [0.1, 0.15) is 17.9 Å². The molecule has 0 N–H and O–H groups in total. The van der Waals surface area contributed by atoms with Crippen LogP contribution in [0.3, 0.4) is 0 Å². The predicted octanol–water partition coefficient (Wildman–Crippen LogP) is 3.21.